The summed E-state index contributed by atoms with van der Waals surface area (Å²) in [6.45, 7) is 2.56. The molecule has 1 aromatic carbocycles. The van der Waals surface area contributed by atoms with Crippen LogP contribution in [0.15, 0.2) is 24.4 Å². The van der Waals surface area contributed by atoms with Gasteiger partial charge in [0.1, 0.15) is 11.6 Å². The van der Waals surface area contributed by atoms with E-state index in [1.54, 1.807) is 6.20 Å². The molecule has 6 heteroatoms. The second-order valence-electron chi connectivity index (χ2n) is 3.97. The fourth-order valence-corrected chi connectivity index (χ4v) is 1.70. The van der Waals surface area contributed by atoms with Gasteiger partial charge in [0.05, 0.1) is 5.02 Å². The molecule has 0 bridgehead atoms. The maximum absolute atomic E-state index is 13.0. The molecule has 0 unspecified atom stereocenters. The fourth-order valence-electron chi connectivity index (χ4n) is 1.53. The second-order valence-corrected chi connectivity index (χ2v) is 4.38. The molecule has 1 heterocycles. The van der Waals surface area contributed by atoms with Gasteiger partial charge in [-0.15, -0.1) is 0 Å². The van der Waals surface area contributed by atoms with E-state index >= 15 is 0 Å². The molecule has 0 amide bonds. The highest BCUT2D eigenvalue weighted by Crippen LogP contribution is 2.24. The lowest BCUT2D eigenvalue weighted by Gasteiger charge is -2.07. The molecule has 4 nitrogen and oxygen atoms in total. The summed E-state index contributed by atoms with van der Waals surface area (Å²) in [7, 11) is 1.85. The molecule has 100 valence electrons. The van der Waals surface area contributed by atoms with Gasteiger partial charge in [-0.1, -0.05) is 11.6 Å². The first-order chi connectivity index (χ1) is 9.10. The molecule has 0 fully saturated rings. The van der Waals surface area contributed by atoms with E-state index < -0.39 is 5.82 Å². The minimum Gasteiger partial charge on any atom is -0.424 e. The topological polar surface area (TPSA) is 47.0 Å². The van der Waals surface area contributed by atoms with Gasteiger partial charge in [0.25, 0.3) is 0 Å². The Hall–Kier alpha value is -1.72. The first-order valence-electron chi connectivity index (χ1n) is 5.70. The lowest BCUT2D eigenvalue weighted by atomic mass is 10.2. The molecule has 0 radical (unpaired) electrons. The summed E-state index contributed by atoms with van der Waals surface area (Å²) in [5, 5.41) is 3.03. The third-order valence-corrected chi connectivity index (χ3v) is 2.82. The number of aromatic nitrogens is 2. The van der Waals surface area contributed by atoms with Crippen molar-refractivity contribution < 1.29 is 9.13 Å². The summed E-state index contributed by atoms with van der Waals surface area (Å²) in [4.78, 5) is 8.32. The van der Waals surface area contributed by atoms with E-state index in [0.29, 0.717) is 12.3 Å². The predicted octanol–water partition coefficient (Wildman–Crippen LogP) is 3.09. The maximum atomic E-state index is 13.0. The third kappa shape index (κ3) is 3.39. The molecule has 0 saturated carbocycles. The molecule has 0 aliphatic rings. The van der Waals surface area contributed by atoms with Gasteiger partial charge in [-0.3, -0.25) is 0 Å². The molecular formula is C13H13ClFN3O. The fraction of sp³-hybridized carbons (Fsp3) is 0.231. The highest BCUT2D eigenvalue weighted by molar-refractivity contribution is 6.30. The van der Waals surface area contributed by atoms with Crippen LogP contribution in [0.1, 0.15) is 11.3 Å². The molecule has 19 heavy (non-hydrogen) atoms. The van der Waals surface area contributed by atoms with Crippen molar-refractivity contribution in [2.24, 2.45) is 0 Å². The maximum Gasteiger partial charge on any atom is 0.322 e. The van der Waals surface area contributed by atoms with Crippen LogP contribution in [-0.4, -0.2) is 17.0 Å². The SMILES string of the molecule is CNCc1cnc(Oc2ccc(F)c(Cl)c2)nc1C. The van der Waals surface area contributed by atoms with Crippen LogP contribution in [0.2, 0.25) is 5.02 Å². The summed E-state index contributed by atoms with van der Waals surface area (Å²) in [6, 6.07) is 4.30. The summed E-state index contributed by atoms with van der Waals surface area (Å²) >= 11 is 5.67. The van der Waals surface area contributed by atoms with Crippen LogP contribution < -0.4 is 10.1 Å². The number of benzene rings is 1. The number of halogens is 2. The second kappa shape index (κ2) is 5.95. The predicted molar refractivity (Wildman–Crippen MR) is 71.0 cm³/mol. The number of ether oxygens (including phenoxy) is 1. The Morgan fingerprint density at radius 3 is 2.84 bits per heavy atom. The Bertz CT molecular complexity index is 592. The van der Waals surface area contributed by atoms with Crippen LogP contribution in [0.5, 0.6) is 11.8 Å². The Balaban J connectivity index is 2.19. The number of hydrogen-bond donors (Lipinski definition) is 1. The largest absolute Gasteiger partial charge is 0.424 e. The van der Waals surface area contributed by atoms with Gasteiger partial charge in [-0.25, -0.2) is 9.37 Å². The minimum atomic E-state index is -0.490. The molecule has 0 aliphatic carbocycles. The van der Waals surface area contributed by atoms with E-state index in [2.05, 4.69) is 15.3 Å². The summed E-state index contributed by atoms with van der Waals surface area (Å²) < 4.78 is 18.4. The third-order valence-electron chi connectivity index (χ3n) is 2.53. The van der Waals surface area contributed by atoms with Crippen molar-refractivity contribution in [3.63, 3.8) is 0 Å². The van der Waals surface area contributed by atoms with Crippen molar-refractivity contribution >= 4 is 11.6 Å². The van der Waals surface area contributed by atoms with Crippen LogP contribution in [0, 0.1) is 12.7 Å². The molecular weight excluding hydrogens is 269 g/mol. The first kappa shape index (κ1) is 13.7. The van der Waals surface area contributed by atoms with Gasteiger partial charge in [-0.2, -0.15) is 4.98 Å². The molecule has 2 rings (SSSR count). The van der Waals surface area contributed by atoms with Gasteiger partial charge in [0.15, 0.2) is 0 Å². The van der Waals surface area contributed by atoms with Crippen LogP contribution in [0.3, 0.4) is 0 Å². The zero-order chi connectivity index (χ0) is 13.8. The lowest BCUT2D eigenvalue weighted by Crippen LogP contribution is -2.08. The van der Waals surface area contributed by atoms with Crippen molar-refractivity contribution in [3.8, 4) is 11.8 Å². The summed E-state index contributed by atoms with van der Waals surface area (Å²) in [5.41, 5.74) is 1.82. The zero-order valence-corrected chi connectivity index (χ0v) is 11.3. The lowest BCUT2D eigenvalue weighted by molar-refractivity contribution is 0.438. The Kier molecular flexibility index (Phi) is 4.29. The standard InChI is InChI=1S/C13H13ClFN3O/c1-8-9(6-16-2)7-17-13(18-8)19-10-3-4-12(15)11(14)5-10/h3-5,7,16H,6H2,1-2H3. The monoisotopic (exact) mass is 281 g/mol. The summed E-state index contributed by atoms with van der Waals surface area (Å²) in [6.07, 6.45) is 1.69. The van der Waals surface area contributed by atoms with E-state index in [0.717, 1.165) is 11.3 Å². The molecule has 0 atom stereocenters. The minimum absolute atomic E-state index is 0.000949. The quantitative estimate of drug-likeness (QED) is 0.935. The summed E-state index contributed by atoms with van der Waals surface area (Å²) in [5.74, 6) is -0.0948. The molecule has 1 aromatic heterocycles. The van der Waals surface area contributed by atoms with Crippen molar-refractivity contribution in [1.82, 2.24) is 15.3 Å². The average Bonchev–Trinajstić information content (AvgIpc) is 2.37. The van der Waals surface area contributed by atoms with Crippen LogP contribution >= 0.6 is 11.6 Å². The average molecular weight is 282 g/mol. The molecule has 2 aromatic rings. The molecule has 0 saturated heterocycles. The smallest absolute Gasteiger partial charge is 0.322 e. The normalized spacial score (nSPS) is 10.5. The first-order valence-corrected chi connectivity index (χ1v) is 6.08. The Morgan fingerprint density at radius 2 is 2.21 bits per heavy atom. The highest BCUT2D eigenvalue weighted by Gasteiger charge is 2.07. The van der Waals surface area contributed by atoms with Crippen LogP contribution in [-0.2, 0) is 6.54 Å². The number of rotatable bonds is 4. The number of nitrogens with one attached hydrogen (secondary N) is 1. The van der Waals surface area contributed by atoms with E-state index in [4.69, 9.17) is 16.3 Å². The number of nitrogens with zero attached hydrogens (tertiary/aromatic N) is 2. The van der Waals surface area contributed by atoms with Gasteiger partial charge in [0.2, 0.25) is 0 Å². The number of hydrogen-bond acceptors (Lipinski definition) is 4. The van der Waals surface area contributed by atoms with E-state index in [-0.39, 0.29) is 11.0 Å². The van der Waals surface area contributed by atoms with Crippen molar-refractivity contribution in [3.05, 3.63) is 46.5 Å². The molecule has 1 N–H and O–H groups in total. The van der Waals surface area contributed by atoms with Crippen LogP contribution in [0.4, 0.5) is 4.39 Å². The van der Waals surface area contributed by atoms with Crippen molar-refractivity contribution in [2.45, 2.75) is 13.5 Å². The zero-order valence-electron chi connectivity index (χ0n) is 10.6. The van der Waals surface area contributed by atoms with Gasteiger partial charge >= 0.3 is 6.01 Å². The Labute approximate surface area is 115 Å². The van der Waals surface area contributed by atoms with E-state index in [1.807, 2.05) is 14.0 Å². The highest BCUT2D eigenvalue weighted by atomic mass is 35.5. The van der Waals surface area contributed by atoms with Crippen molar-refractivity contribution in [2.75, 3.05) is 7.05 Å². The van der Waals surface area contributed by atoms with Gasteiger partial charge in [0, 0.05) is 30.1 Å². The van der Waals surface area contributed by atoms with E-state index in [1.165, 1.54) is 18.2 Å². The van der Waals surface area contributed by atoms with Crippen LogP contribution in [0.25, 0.3) is 0 Å². The molecule has 0 aliphatic heterocycles. The van der Waals surface area contributed by atoms with Gasteiger partial charge < -0.3 is 10.1 Å². The number of aryl methyl sites for hydroxylation is 1. The Morgan fingerprint density at radius 1 is 1.42 bits per heavy atom. The molecule has 0 spiro atoms. The van der Waals surface area contributed by atoms with Crippen molar-refractivity contribution in [1.29, 1.82) is 0 Å². The van der Waals surface area contributed by atoms with Gasteiger partial charge in [-0.05, 0) is 26.1 Å². The van der Waals surface area contributed by atoms with E-state index in [9.17, 15) is 4.39 Å².